The molecule has 0 bridgehead atoms. The Morgan fingerprint density at radius 1 is 0.944 bits per heavy atom. The molecule has 0 aliphatic rings. The van der Waals surface area contributed by atoms with E-state index in [1.165, 1.54) is 5.56 Å². The molecule has 1 atom stereocenters. The van der Waals surface area contributed by atoms with Crippen LogP contribution < -0.4 is 5.32 Å². The van der Waals surface area contributed by atoms with Crippen LogP contribution in [0.3, 0.4) is 0 Å². The molecule has 0 aliphatic carbocycles. The molecule has 0 aliphatic heterocycles. The third kappa shape index (κ3) is 3.05. The van der Waals surface area contributed by atoms with Crippen molar-refractivity contribution < 1.29 is 0 Å². The fraction of sp³-hybridized carbons (Fsp3) is 0.200. The molecular weight excluding hydrogens is 265 g/mol. The Balaban J connectivity index is 2.44. The van der Waals surface area contributed by atoms with Crippen LogP contribution in [0.5, 0.6) is 0 Å². The number of nitrogens with one attached hydrogen (secondary N) is 1. The van der Waals surface area contributed by atoms with Gasteiger partial charge >= 0.3 is 0 Å². The van der Waals surface area contributed by atoms with E-state index in [1.807, 2.05) is 25.2 Å². The SMILES string of the molecule is CNC(C)c1cccc(-c2cc(Cl)cc(Cl)c2)c1. The van der Waals surface area contributed by atoms with Gasteiger partial charge in [0.1, 0.15) is 0 Å². The smallest absolute Gasteiger partial charge is 0.0426 e. The Morgan fingerprint density at radius 2 is 1.61 bits per heavy atom. The minimum Gasteiger partial charge on any atom is -0.313 e. The van der Waals surface area contributed by atoms with E-state index in [0.29, 0.717) is 16.1 Å². The summed E-state index contributed by atoms with van der Waals surface area (Å²) >= 11 is 12.1. The predicted molar refractivity (Wildman–Crippen MR) is 79.4 cm³/mol. The highest BCUT2D eigenvalue weighted by Crippen LogP contribution is 2.28. The minimum absolute atomic E-state index is 0.319. The highest BCUT2D eigenvalue weighted by Gasteiger charge is 2.06. The van der Waals surface area contributed by atoms with Crippen molar-refractivity contribution in [2.75, 3.05) is 7.05 Å². The lowest BCUT2D eigenvalue weighted by Gasteiger charge is -2.12. The van der Waals surface area contributed by atoms with Crippen molar-refractivity contribution in [3.8, 4) is 11.1 Å². The topological polar surface area (TPSA) is 12.0 Å². The molecule has 2 aromatic carbocycles. The van der Waals surface area contributed by atoms with Crippen LogP contribution in [0.1, 0.15) is 18.5 Å². The maximum absolute atomic E-state index is 6.03. The van der Waals surface area contributed by atoms with Crippen LogP contribution >= 0.6 is 23.2 Å². The molecule has 18 heavy (non-hydrogen) atoms. The monoisotopic (exact) mass is 279 g/mol. The Kier molecular flexibility index (Phi) is 4.28. The summed E-state index contributed by atoms with van der Waals surface area (Å²) < 4.78 is 0. The molecule has 0 spiro atoms. The highest BCUT2D eigenvalue weighted by molar-refractivity contribution is 6.35. The largest absolute Gasteiger partial charge is 0.313 e. The molecule has 2 rings (SSSR count). The van der Waals surface area contributed by atoms with Crippen LogP contribution in [0.15, 0.2) is 42.5 Å². The Morgan fingerprint density at radius 3 is 2.22 bits per heavy atom. The molecule has 2 aromatic rings. The van der Waals surface area contributed by atoms with E-state index in [1.54, 1.807) is 6.07 Å². The maximum Gasteiger partial charge on any atom is 0.0426 e. The summed E-state index contributed by atoms with van der Waals surface area (Å²) in [5, 5.41) is 4.54. The molecule has 1 N–H and O–H groups in total. The third-order valence-electron chi connectivity index (χ3n) is 3.02. The van der Waals surface area contributed by atoms with Gasteiger partial charge in [-0.05, 0) is 54.9 Å². The lowest BCUT2D eigenvalue weighted by Crippen LogP contribution is -2.12. The summed E-state index contributed by atoms with van der Waals surface area (Å²) in [5.41, 5.74) is 3.41. The Labute approximate surface area is 118 Å². The summed E-state index contributed by atoms with van der Waals surface area (Å²) in [6, 6.07) is 14.3. The molecule has 1 unspecified atom stereocenters. The van der Waals surface area contributed by atoms with Gasteiger partial charge in [0.25, 0.3) is 0 Å². The molecule has 0 heterocycles. The number of halogens is 2. The Bertz CT molecular complexity index is 532. The molecule has 3 heteroatoms. The molecule has 0 saturated heterocycles. The molecule has 94 valence electrons. The van der Waals surface area contributed by atoms with Gasteiger partial charge in [-0.15, -0.1) is 0 Å². The molecule has 1 nitrogen and oxygen atoms in total. The zero-order valence-electron chi connectivity index (χ0n) is 10.4. The number of benzene rings is 2. The summed E-state index contributed by atoms with van der Waals surface area (Å²) in [6.45, 7) is 2.13. The normalized spacial score (nSPS) is 12.4. The Hall–Kier alpha value is -1.02. The van der Waals surface area contributed by atoms with Gasteiger partial charge in [-0.25, -0.2) is 0 Å². The number of hydrogen-bond acceptors (Lipinski definition) is 1. The van der Waals surface area contributed by atoms with Gasteiger partial charge < -0.3 is 5.32 Å². The van der Waals surface area contributed by atoms with Crippen LogP contribution in [0.4, 0.5) is 0 Å². The molecular formula is C15H15Cl2N. The number of rotatable bonds is 3. The highest BCUT2D eigenvalue weighted by atomic mass is 35.5. The van der Waals surface area contributed by atoms with Gasteiger partial charge in [-0.3, -0.25) is 0 Å². The second-order valence-corrected chi connectivity index (χ2v) is 5.17. The average molecular weight is 280 g/mol. The van der Waals surface area contributed by atoms with Crippen LogP contribution in [0, 0.1) is 0 Å². The van der Waals surface area contributed by atoms with Crippen LogP contribution in [-0.2, 0) is 0 Å². The first-order chi connectivity index (χ1) is 8.60. The van der Waals surface area contributed by atoms with E-state index in [9.17, 15) is 0 Å². The standard InChI is InChI=1S/C15H15Cl2N/c1-10(18-2)11-4-3-5-12(6-11)13-7-14(16)9-15(17)8-13/h3-10,18H,1-2H3. The van der Waals surface area contributed by atoms with Gasteiger partial charge in [-0.2, -0.15) is 0 Å². The summed E-state index contributed by atoms with van der Waals surface area (Å²) in [5.74, 6) is 0. The minimum atomic E-state index is 0.319. The van der Waals surface area contributed by atoms with Crippen molar-refractivity contribution in [2.45, 2.75) is 13.0 Å². The lowest BCUT2D eigenvalue weighted by atomic mass is 10.0. The first-order valence-corrected chi connectivity index (χ1v) is 6.59. The molecule has 0 amide bonds. The zero-order chi connectivity index (χ0) is 13.1. The van der Waals surface area contributed by atoms with E-state index in [4.69, 9.17) is 23.2 Å². The van der Waals surface area contributed by atoms with Crippen LogP contribution in [0.2, 0.25) is 10.0 Å². The first kappa shape index (κ1) is 13.4. The molecule has 0 aromatic heterocycles. The quantitative estimate of drug-likeness (QED) is 0.839. The van der Waals surface area contributed by atoms with Crippen LogP contribution in [0.25, 0.3) is 11.1 Å². The fourth-order valence-corrected chi connectivity index (χ4v) is 2.40. The zero-order valence-corrected chi connectivity index (χ0v) is 11.9. The maximum atomic E-state index is 6.03. The average Bonchev–Trinajstić information content (AvgIpc) is 2.37. The summed E-state index contributed by atoms with van der Waals surface area (Å²) in [7, 11) is 1.95. The van der Waals surface area contributed by atoms with Crippen molar-refractivity contribution in [2.24, 2.45) is 0 Å². The summed E-state index contributed by atoms with van der Waals surface area (Å²) in [6.07, 6.45) is 0. The predicted octanol–water partition coefficient (Wildman–Crippen LogP) is 4.94. The van der Waals surface area contributed by atoms with E-state index in [-0.39, 0.29) is 0 Å². The van der Waals surface area contributed by atoms with Gasteiger partial charge in [0, 0.05) is 16.1 Å². The molecule has 0 radical (unpaired) electrons. The molecule has 0 saturated carbocycles. The second kappa shape index (κ2) is 5.75. The van der Waals surface area contributed by atoms with E-state index >= 15 is 0 Å². The first-order valence-electron chi connectivity index (χ1n) is 5.84. The van der Waals surface area contributed by atoms with Crippen molar-refractivity contribution in [1.29, 1.82) is 0 Å². The fourth-order valence-electron chi connectivity index (χ4n) is 1.87. The van der Waals surface area contributed by atoms with E-state index < -0.39 is 0 Å². The lowest BCUT2D eigenvalue weighted by molar-refractivity contribution is 0.652. The second-order valence-electron chi connectivity index (χ2n) is 4.29. The van der Waals surface area contributed by atoms with E-state index in [0.717, 1.165) is 11.1 Å². The van der Waals surface area contributed by atoms with Crippen molar-refractivity contribution in [1.82, 2.24) is 5.32 Å². The van der Waals surface area contributed by atoms with Crippen LogP contribution in [-0.4, -0.2) is 7.05 Å². The van der Waals surface area contributed by atoms with Crippen molar-refractivity contribution >= 4 is 23.2 Å². The van der Waals surface area contributed by atoms with Gasteiger partial charge in [0.05, 0.1) is 0 Å². The van der Waals surface area contributed by atoms with Crippen molar-refractivity contribution in [3.05, 3.63) is 58.1 Å². The number of hydrogen-bond donors (Lipinski definition) is 1. The third-order valence-corrected chi connectivity index (χ3v) is 3.45. The summed E-state index contributed by atoms with van der Waals surface area (Å²) in [4.78, 5) is 0. The van der Waals surface area contributed by atoms with Crippen molar-refractivity contribution in [3.63, 3.8) is 0 Å². The van der Waals surface area contributed by atoms with Gasteiger partial charge in [0.15, 0.2) is 0 Å². The van der Waals surface area contributed by atoms with E-state index in [2.05, 4.69) is 30.4 Å². The van der Waals surface area contributed by atoms with Gasteiger partial charge in [0.2, 0.25) is 0 Å². The molecule has 0 fully saturated rings. The van der Waals surface area contributed by atoms with Gasteiger partial charge in [-0.1, -0.05) is 41.4 Å².